The van der Waals surface area contributed by atoms with Gasteiger partial charge in [-0.1, -0.05) is 0 Å². The molecule has 1 aromatic carbocycles. The number of hydrogen-bond acceptors (Lipinski definition) is 5. The highest BCUT2D eigenvalue weighted by molar-refractivity contribution is 7.99. The predicted octanol–water partition coefficient (Wildman–Crippen LogP) is 3.56. The molecule has 0 spiro atoms. The highest BCUT2D eigenvalue weighted by Gasteiger charge is 2.16. The van der Waals surface area contributed by atoms with Crippen LogP contribution < -0.4 is 14.8 Å². The quantitative estimate of drug-likeness (QED) is 0.845. The topological polar surface area (TPSA) is 60.7 Å². The van der Waals surface area contributed by atoms with Crippen LogP contribution >= 0.6 is 11.8 Å². The van der Waals surface area contributed by atoms with Crippen molar-refractivity contribution in [3.8, 4) is 11.5 Å². The van der Waals surface area contributed by atoms with E-state index in [4.69, 9.17) is 13.9 Å². The molecule has 2 rings (SSSR count). The number of carbonyl (C=O) groups excluding carboxylic acids is 1. The van der Waals surface area contributed by atoms with Crippen molar-refractivity contribution in [1.29, 1.82) is 0 Å². The molecule has 0 aliphatic rings. The fourth-order valence-electron chi connectivity index (χ4n) is 1.81. The first kappa shape index (κ1) is 16.3. The van der Waals surface area contributed by atoms with Gasteiger partial charge >= 0.3 is 0 Å². The second kappa shape index (κ2) is 7.79. The molecule has 0 aliphatic carbocycles. The predicted molar refractivity (Wildman–Crippen MR) is 87.6 cm³/mol. The minimum atomic E-state index is -0.211. The molecule has 1 amide bonds. The zero-order valence-electron chi connectivity index (χ0n) is 12.8. The van der Waals surface area contributed by atoms with Crippen molar-refractivity contribution in [2.45, 2.75) is 17.9 Å². The Labute approximate surface area is 134 Å². The van der Waals surface area contributed by atoms with E-state index in [9.17, 15) is 4.79 Å². The van der Waals surface area contributed by atoms with Crippen molar-refractivity contribution in [2.75, 3.05) is 19.5 Å². The number of amides is 1. The Balaban J connectivity index is 1.95. The van der Waals surface area contributed by atoms with Gasteiger partial charge in [0.25, 0.3) is 0 Å². The SMILES string of the molecule is COc1ccc(NC(=O)C(C)SCc2ccco2)c(OC)c1. The number of furan rings is 1. The fourth-order valence-corrected chi connectivity index (χ4v) is 2.60. The number of methoxy groups -OCH3 is 2. The van der Waals surface area contributed by atoms with E-state index in [1.807, 2.05) is 19.1 Å². The van der Waals surface area contributed by atoms with E-state index >= 15 is 0 Å². The summed E-state index contributed by atoms with van der Waals surface area (Å²) in [5.74, 6) is 2.67. The standard InChI is InChI=1S/C16H19NO4S/c1-11(22-10-13-5-4-8-21-13)16(18)17-14-7-6-12(19-2)9-15(14)20-3/h4-9,11H,10H2,1-3H3,(H,17,18). The summed E-state index contributed by atoms with van der Waals surface area (Å²) >= 11 is 1.51. The van der Waals surface area contributed by atoms with Crippen LogP contribution in [0.1, 0.15) is 12.7 Å². The molecule has 1 aromatic heterocycles. The van der Waals surface area contributed by atoms with Crippen molar-refractivity contribution in [2.24, 2.45) is 0 Å². The first-order chi connectivity index (χ1) is 10.6. The first-order valence-corrected chi connectivity index (χ1v) is 7.85. The van der Waals surface area contributed by atoms with Gasteiger partial charge in [-0.3, -0.25) is 4.79 Å². The number of thioether (sulfide) groups is 1. The molecule has 5 nitrogen and oxygen atoms in total. The molecule has 0 saturated carbocycles. The van der Waals surface area contributed by atoms with E-state index in [2.05, 4.69) is 5.32 Å². The minimum Gasteiger partial charge on any atom is -0.497 e. The summed E-state index contributed by atoms with van der Waals surface area (Å²) in [4.78, 5) is 12.2. The van der Waals surface area contributed by atoms with Gasteiger partial charge in [-0.05, 0) is 31.2 Å². The summed E-state index contributed by atoms with van der Waals surface area (Å²) in [5, 5.41) is 2.66. The molecule has 6 heteroatoms. The Morgan fingerprint density at radius 3 is 2.77 bits per heavy atom. The van der Waals surface area contributed by atoms with Gasteiger partial charge < -0.3 is 19.2 Å². The maximum Gasteiger partial charge on any atom is 0.237 e. The average molecular weight is 321 g/mol. The highest BCUT2D eigenvalue weighted by Crippen LogP contribution is 2.30. The van der Waals surface area contributed by atoms with Crippen molar-refractivity contribution < 1.29 is 18.7 Å². The number of ether oxygens (including phenoxy) is 2. The van der Waals surface area contributed by atoms with E-state index in [1.165, 1.54) is 11.8 Å². The van der Waals surface area contributed by atoms with Gasteiger partial charge in [-0.15, -0.1) is 11.8 Å². The second-order valence-corrected chi connectivity index (χ2v) is 5.92. The Bertz CT molecular complexity index is 613. The summed E-state index contributed by atoms with van der Waals surface area (Å²) in [5.41, 5.74) is 0.624. The van der Waals surface area contributed by atoms with Crippen LogP contribution in [0.5, 0.6) is 11.5 Å². The third-order valence-corrected chi connectivity index (χ3v) is 4.26. The fraction of sp³-hybridized carbons (Fsp3) is 0.312. The lowest BCUT2D eigenvalue weighted by Crippen LogP contribution is -2.22. The van der Waals surface area contributed by atoms with Crippen LogP contribution in [-0.2, 0) is 10.5 Å². The van der Waals surface area contributed by atoms with Crippen LogP contribution in [0.2, 0.25) is 0 Å². The van der Waals surface area contributed by atoms with E-state index < -0.39 is 0 Å². The molecular formula is C16H19NO4S. The summed E-state index contributed by atoms with van der Waals surface area (Å²) in [7, 11) is 3.14. The van der Waals surface area contributed by atoms with Crippen molar-refractivity contribution in [3.05, 3.63) is 42.4 Å². The molecular weight excluding hydrogens is 302 g/mol. The van der Waals surface area contributed by atoms with Crippen LogP contribution in [0, 0.1) is 0 Å². The number of hydrogen-bond donors (Lipinski definition) is 1. The van der Waals surface area contributed by atoms with Crippen molar-refractivity contribution >= 4 is 23.4 Å². The van der Waals surface area contributed by atoms with Crippen molar-refractivity contribution in [1.82, 2.24) is 0 Å². The molecule has 2 aromatic rings. The molecule has 0 fully saturated rings. The first-order valence-electron chi connectivity index (χ1n) is 6.81. The summed E-state index contributed by atoms with van der Waals surface area (Å²) < 4.78 is 15.7. The van der Waals surface area contributed by atoms with Gasteiger partial charge in [0.1, 0.15) is 17.3 Å². The lowest BCUT2D eigenvalue weighted by atomic mass is 10.2. The maximum absolute atomic E-state index is 12.2. The molecule has 0 saturated heterocycles. The number of benzene rings is 1. The molecule has 1 heterocycles. The third-order valence-electron chi connectivity index (χ3n) is 3.09. The normalized spacial score (nSPS) is 11.8. The van der Waals surface area contributed by atoms with Gasteiger partial charge in [0.2, 0.25) is 5.91 Å². The van der Waals surface area contributed by atoms with Crippen LogP contribution in [0.4, 0.5) is 5.69 Å². The summed E-state index contributed by atoms with van der Waals surface area (Å²) in [6, 6.07) is 9.00. The zero-order valence-corrected chi connectivity index (χ0v) is 13.6. The van der Waals surface area contributed by atoms with Crippen LogP contribution in [-0.4, -0.2) is 25.4 Å². The van der Waals surface area contributed by atoms with Gasteiger partial charge in [0, 0.05) is 6.07 Å². The van der Waals surface area contributed by atoms with Gasteiger partial charge in [0.05, 0.1) is 37.2 Å². The van der Waals surface area contributed by atoms with Gasteiger partial charge in [0.15, 0.2) is 0 Å². The zero-order chi connectivity index (χ0) is 15.9. The van der Waals surface area contributed by atoms with E-state index in [-0.39, 0.29) is 11.2 Å². The molecule has 0 radical (unpaired) electrons. The second-order valence-electron chi connectivity index (χ2n) is 4.59. The lowest BCUT2D eigenvalue weighted by molar-refractivity contribution is -0.115. The Hall–Kier alpha value is -2.08. The smallest absolute Gasteiger partial charge is 0.237 e. The van der Waals surface area contributed by atoms with E-state index in [0.29, 0.717) is 22.9 Å². The molecule has 0 aliphatic heterocycles. The summed E-state index contributed by atoms with van der Waals surface area (Å²) in [6.45, 7) is 1.86. The van der Waals surface area contributed by atoms with Gasteiger partial charge in [-0.2, -0.15) is 0 Å². The Morgan fingerprint density at radius 2 is 2.14 bits per heavy atom. The highest BCUT2D eigenvalue weighted by atomic mass is 32.2. The molecule has 118 valence electrons. The Morgan fingerprint density at radius 1 is 1.32 bits per heavy atom. The number of nitrogens with one attached hydrogen (secondary N) is 1. The number of carbonyl (C=O) groups is 1. The molecule has 22 heavy (non-hydrogen) atoms. The molecule has 1 unspecified atom stereocenters. The largest absolute Gasteiger partial charge is 0.497 e. The lowest BCUT2D eigenvalue weighted by Gasteiger charge is -2.14. The third kappa shape index (κ3) is 4.21. The molecule has 1 atom stereocenters. The maximum atomic E-state index is 12.2. The average Bonchev–Trinajstić information content (AvgIpc) is 3.06. The monoisotopic (exact) mass is 321 g/mol. The summed E-state index contributed by atoms with van der Waals surface area (Å²) in [6.07, 6.45) is 1.63. The van der Waals surface area contributed by atoms with Crippen LogP contribution in [0.15, 0.2) is 41.0 Å². The van der Waals surface area contributed by atoms with E-state index in [1.54, 1.807) is 38.7 Å². The van der Waals surface area contributed by atoms with Crippen molar-refractivity contribution in [3.63, 3.8) is 0 Å². The molecule has 1 N–H and O–H groups in total. The number of anilines is 1. The van der Waals surface area contributed by atoms with Crippen LogP contribution in [0.25, 0.3) is 0 Å². The number of rotatable bonds is 7. The Kier molecular flexibility index (Phi) is 5.77. The van der Waals surface area contributed by atoms with Gasteiger partial charge in [-0.25, -0.2) is 0 Å². The van der Waals surface area contributed by atoms with E-state index in [0.717, 1.165) is 5.76 Å². The minimum absolute atomic E-state index is 0.0833. The molecule has 0 bridgehead atoms. The van der Waals surface area contributed by atoms with Crippen LogP contribution in [0.3, 0.4) is 0 Å².